The first kappa shape index (κ1) is 11.9. The van der Waals surface area contributed by atoms with Crippen LogP contribution >= 0.6 is 0 Å². The van der Waals surface area contributed by atoms with Gasteiger partial charge in [0.25, 0.3) is 0 Å². The number of rotatable bonds is 3. The number of carboxylic acids is 1. The van der Waals surface area contributed by atoms with Crippen LogP contribution in [0.25, 0.3) is 11.1 Å². The van der Waals surface area contributed by atoms with Crippen molar-refractivity contribution in [1.29, 1.82) is 0 Å². The zero-order valence-electron chi connectivity index (χ0n) is 9.45. The molecule has 0 amide bonds. The molecule has 0 bridgehead atoms. The van der Waals surface area contributed by atoms with Crippen molar-refractivity contribution in [2.45, 2.75) is 0 Å². The molecule has 0 saturated carbocycles. The second-order valence-electron chi connectivity index (χ2n) is 3.68. The normalized spacial score (nSPS) is 10.7. The monoisotopic (exact) mass is 241 g/mol. The number of hydrogen-bond donors (Lipinski definition) is 2. The zero-order valence-corrected chi connectivity index (χ0v) is 9.45. The van der Waals surface area contributed by atoms with Gasteiger partial charge in [-0.3, -0.25) is 0 Å². The number of oxime groups is 1. The smallest absolute Gasteiger partial charge is 0.336 e. The highest BCUT2D eigenvalue weighted by Gasteiger charge is 2.12. The van der Waals surface area contributed by atoms with Crippen LogP contribution in [0.4, 0.5) is 0 Å². The molecule has 0 spiro atoms. The first-order valence-electron chi connectivity index (χ1n) is 5.33. The highest BCUT2D eigenvalue weighted by Crippen LogP contribution is 2.26. The molecule has 18 heavy (non-hydrogen) atoms. The molecule has 4 nitrogen and oxygen atoms in total. The van der Waals surface area contributed by atoms with Gasteiger partial charge in [-0.2, -0.15) is 0 Å². The van der Waals surface area contributed by atoms with Gasteiger partial charge in [-0.05, 0) is 17.2 Å². The van der Waals surface area contributed by atoms with Gasteiger partial charge in [0.2, 0.25) is 0 Å². The first-order chi connectivity index (χ1) is 8.74. The van der Waals surface area contributed by atoms with Crippen LogP contribution in [0.1, 0.15) is 15.9 Å². The van der Waals surface area contributed by atoms with Crippen molar-refractivity contribution in [2.24, 2.45) is 5.16 Å². The van der Waals surface area contributed by atoms with Crippen LogP contribution in [0, 0.1) is 0 Å². The maximum Gasteiger partial charge on any atom is 0.336 e. The minimum atomic E-state index is -0.985. The van der Waals surface area contributed by atoms with Crippen molar-refractivity contribution >= 4 is 12.2 Å². The Morgan fingerprint density at radius 2 is 1.61 bits per heavy atom. The molecule has 0 fully saturated rings. The van der Waals surface area contributed by atoms with Gasteiger partial charge in [0.15, 0.2) is 0 Å². The van der Waals surface area contributed by atoms with Crippen LogP contribution in [0.2, 0.25) is 0 Å². The minimum absolute atomic E-state index is 0.219. The van der Waals surface area contributed by atoms with E-state index >= 15 is 0 Å². The summed E-state index contributed by atoms with van der Waals surface area (Å²) in [5, 5.41) is 20.8. The molecule has 0 aliphatic rings. The van der Waals surface area contributed by atoms with E-state index in [2.05, 4.69) is 5.16 Å². The van der Waals surface area contributed by atoms with E-state index in [0.717, 1.165) is 0 Å². The molecule has 0 heterocycles. The third kappa shape index (κ3) is 2.22. The second kappa shape index (κ2) is 5.14. The Bertz CT molecular complexity index is 605. The Balaban J connectivity index is 2.66. The number of hydrogen-bond acceptors (Lipinski definition) is 3. The Morgan fingerprint density at radius 3 is 2.28 bits per heavy atom. The predicted octanol–water partition coefficient (Wildman–Crippen LogP) is 2.86. The van der Waals surface area contributed by atoms with Crippen molar-refractivity contribution in [2.75, 3.05) is 0 Å². The van der Waals surface area contributed by atoms with E-state index in [0.29, 0.717) is 16.7 Å². The van der Waals surface area contributed by atoms with Gasteiger partial charge in [0.05, 0.1) is 11.8 Å². The van der Waals surface area contributed by atoms with Crippen molar-refractivity contribution in [1.82, 2.24) is 0 Å². The van der Waals surface area contributed by atoms with Crippen molar-refractivity contribution in [3.05, 3.63) is 59.7 Å². The summed E-state index contributed by atoms with van der Waals surface area (Å²) in [5.74, 6) is -0.985. The van der Waals surface area contributed by atoms with Crippen molar-refractivity contribution in [3.8, 4) is 11.1 Å². The molecule has 2 N–H and O–H groups in total. The van der Waals surface area contributed by atoms with E-state index in [1.54, 1.807) is 42.5 Å². The topological polar surface area (TPSA) is 69.9 Å². The molecule has 0 radical (unpaired) electrons. The van der Waals surface area contributed by atoms with Gasteiger partial charge in [-0.15, -0.1) is 0 Å². The second-order valence-corrected chi connectivity index (χ2v) is 3.68. The van der Waals surface area contributed by atoms with Gasteiger partial charge >= 0.3 is 5.97 Å². The van der Waals surface area contributed by atoms with Gasteiger partial charge in [0, 0.05) is 5.56 Å². The number of carbonyl (C=O) groups is 1. The quantitative estimate of drug-likeness (QED) is 0.493. The molecule has 0 unspecified atom stereocenters. The largest absolute Gasteiger partial charge is 0.478 e. The minimum Gasteiger partial charge on any atom is -0.478 e. The van der Waals surface area contributed by atoms with Crippen LogP contribution in [0.5, 0.6) is 0 Å². The summed E-state index contributed by atoms with van der Waals surface area (Å²) in [6.07, 6.45) is 1.29. The van der Waals surface area contributed by atoms with Crippen molar-refractivity contribution in [3.63, 3.8) is 0 Å². The van der Waals surface area contributed by atoms with E-state index < -0.39 is 5.97 Å². The highest BCUT2D eigenvalue weighted by atomic mass is 16.4. The average Bonchev–Trinajstić information content (AvgIpc) is 2.40. The lowest BCUT2D eigenvalue weighted by molar-refractivity contribution is 0.0697. The molecule has 2 aromatic carbocycles. The number of benzene rings is 2. The van der Waals surface area contributed by atoms with E-state index in [1.807, 2.05) is 6.07 Å². The summed E-state index contributed by atoms with van der Waals surface area (Å²) in [4.78, 5) is 11.2. The molecule has 0 saturated heterocycles. The van der Waals surface area contributed by atoms with E-state index in [-0.39, 0.29) is 5.56 Å². The molecular weight excluding hydrogens is 230 g/mol. The predicted molar refractivity (Wildman–Crippen MR) is 68.2 cm³/mol. The molecule has 0 aliphatic carbocycles. The molecule has 90 valence electrons. The number of carboxylic acid groups (broad SMARTS) is 1. The molecule has 4 heteroatoms. The average molecular weight is 241 g/mol. The summed E-state index contributed by atoms with van der Waals surface area (Å²) >= 11 is 0. The maximum atomic E-state index is 11.2. The standard InChI is InChI=1S/C14H11NO3/c16-14(17)13-8-4-3-7-12(13)11-6-2-1-5-10(11)9-15-18/h1-9,18H,(H,16,17)/b15-9-. The molecule has 2 rings (SSSR count). The Hall–Kier alpha value is -2.62. The number of nitrogens with zero attached hydrogens (tertiary/aromatic N) is 1. The van der Waals surface area contributed by atoms with Gasteiger partial charge in [0.1, 0.15) is 0 Å². The lowest BCUT2D eigenvalue weighted by Gasteiger charge is -2.08. The lowest BCUT2D eigenvalue weighted by Crippen LogP contribution is -2.00. The summed E-state index contributed by atoms with van der Waals surface area (Å²) in [5.41, 5.74) is 2.19. The zero-order chi connectivity index (χ0) is 13.0. The summed E-state index contributed by atoms with van der Waals surface area (Å²) < 4.78 is 0. The van der Waals surface area contributed by atoms with Crippen LogP contribution in [0.3, 0.4) is 0 Å². The Labute approximate surface area is 104 Å². The van der Waals surface area contributed by atoms with Crippen LogP contribution in [-0.2, 0) is 0 Å². The van der Waals surface area contributed by atoms with Crippen LogP contribution in [-0.4, -0.2) is 22.5 Å². The fraction of sp³-hybridized carbons (Fsp3) is 0. The van der Waals surface area contributed by atoms with E-state index in [4.69, 9.17) is 10.3 Å². The van der Waals surface area contributed by atoms with Crippen LogP contribution in [0.15, 0.2) is 53.7 Å². The van der Waals surface area contributed by atoms with Gasteiger partial charge < -0.3 is 10.3 Å². The van der Waals surface area contributed by atoms with Gasteiger partial charge in [-0.1, -0.05) is 47.6 Å². The summed E-state index contributed by atoms with van der Waals surface area (Å²) in [6, 6.07) is 13.9. The third-order valence-electron chi connectivity index (χ3n) is 2.61. The van der Waals surface area contributed by atoms with Crippen LogP contribution < -0.4 is 0 Å². The Morgan fingerprint density at radius 1 is 1.00 bits per heavy atom. The summed E-state index contributed by atoms with van der Waals surface area (Å²) in [7, 11) is 0. The fourth-order valence-electron chi connectivity index (χ4n) is 1.82. The first-order valence-corrected chi connectivity index (χ1v) is 5.33. The number of aromatic carboxylic acids is 1. The molecule has 0 aliphatic heterocycles. The molecule has 0 atom stereocenters. The lowest BCUT2D eigenvalue weighted by atomic mass is 9.96. The SMILES string of the molecule is O=C(O)c1ccccc1-c1ccccc1/C=N\O. The molecule has 2 aromatic rings. The fourth-order valence-corrected chi connectivity index (χ4v) is 1.82. The van der Waals surface area contributed by atoms with Crippen molar-refractivity contribution < 1.29 is 15.1 Å². The van der Waals surface area contributed by atoms with E-state index in [1.165, 1.54) is 6.21 Å². The van der Waals surface area contributed by atoms with Gasteiger partial charge in [-0.25, -0.2) is 4.79 Å². The van der Waals surface area contributed by atoms with E-state index in [9.17, 15) is 4.79 Å². The molecule has 0 aromatic heterocycles. The summed E-state index contributed by atoms with van der Waals surface area (Å²) in [6.45, 7) is 0. The highest BCUT2D eigenvalue weighted by molar-refractivity contribution is 5.99. The third-order valence-corrected chi connectivity index (χ3v) is 2.61. The maximum absolute atomic E-state index is 11.2. The Kier molecular flexibility index (Phi) is 3.38. The molecular formula is C14H11NO3.